The first-order valence-electron chi connectivity index (χ1n) is 9.15. The minimum atomic E-state index is -0.883. The van der Waals surface area contributed by atoms with Gasteiger partial charge in [0.2, 0.25) is 0 Å². The van der Waals surface area contributed by atoms with Crippen molar-refractivity contribution in [1.82, 2.24) is 0 Å². The molecule has 0 aliphatic carbocycles. The second-order valence-electron chi connectivity index (χ2n) is 6.69. The van der Waals surface area contributed by atoms with Crippen LogP contribution < -0.4 is 9.64 Å². The molecule has 1 amide bonds. The number of aliphatic hydroxyl groups excluding tert-OH is 1. The molecule has 2 heterocycles. The molecule has 1 aromatic heterocycles. The molecule has 1 aliphatic rings. The minimum Gasteiger partial charge on any atom is -0.507 e. The van der Waals surface area contributed by atoms with Crippen LogP contribution in [-0.2, 0) is 9.59 Å². The van der Waals surface area contributed by atoms with Crippen LogP contribution in [0, 0.1) is 10.1 Å². The third kappa shape index (κ3) is 3.55. The fourth-order valence-corrected chi connectivity index (χ4v) is 4.32. The van der Waals surface area contributed by atoms with E-state index in [4.69, 9.17) is 4.74 Å². The van der Waals surface area contributed by atoms with Crippen LogP contribution in [0.2, 0.25) is 0 Å². The second kappa shape index (κ2) is 8.04. The predicted octanol–water partition coefficient (Wildman–Crippen LogP) is 4.29. The van der Waals surface area contributed by atoms with Gasteiger partial charge in [0, 0.05) is 34.3 Å². The van der Waals surface area contributed by atoms with E-state index >= 15 is 0 Å². The molecule has 9 heteroatoms. The number of amides is 1. The van der Waals surface area contributed by atoms with Gasteiger partial charge in [-0.25, -0.2) is 0 Å². The molecule has 1 aliphatic heterocycles. The summed E-state index contributed by atoms with van der Waals surface area (Å²) in [7, 11) is 1.49. The minimum absolute atomic E-state index is 0.0828. The van der Waals surface area contributed by atoms with E-state index in [0.717, 1.165) is 0 Å². The number of non-ortho nitro benzene ring substituents is 1. The van der Waals surface area contributed by atoms with Crippen molar-refractivity contribution in [3.05, 3.63) is 92.2 Å². The highest BCUT2D eigenvalue weighted by molar-refractivity contribution is 7.10. The third-order valence-electron chi connectivity index (χ3n) is 4.92. The topological polar surface area (TPSA) is 110 Å². The van der Waals surface area contributed by atoms with Gasteiger partial charge in [0.05, 0.1) is 17.6 Å². The number of hydrogen-bond donors (Lipinski definition) is 1. The number of ether oxygens (including phenoxy) is 1. The molecule has 156 valence electrons. The van der Waals surface area contributed by atoms with Gasteiger partial charge in [-0.1, -0.05) is 24.3 Å². The number of nitro benzene ring substituents is 1. The quantitative estimate of drug-likeness (QED) is 0.210. The Kier molecular flexibility index (Phi) is 5.26. The highest BCUT2D eigenvalue weighted by atomic mass is 32.1. The lowest BCUT2D eigenvalue weighted by Gasteiger charge is -2.24. The fraction of sp³-hybridized carbons (Fsp3) is 0.0909. The molecule has 0 bridgehead atoms. The van der Waals surface area contributed by atoms with Crippen molar-refractivity contribution in [3.63, 3.8) is 0 Å². The lowest BCUT2D eigenvalue weighted by atomic mass is 9.99. The van der Waals surface area contributed by atoms with Crippen molar-refractivity contribution in [2.45, 2.75) is 6.04 Å². The Morgan fingerprint density at radius 2 is 1.90 bits per heavy atom. The van der Waals surface area contributed by atoms with E-state index in [1.807, 2.05) is 0 Å². The van der Waals surface area contributed by atoms with Crippen molar-refractivity contribution in [1.29, 1.82) is 0 Å². The van der Waals surface area contributed by atoms with Crippen LogP contribution >= 0.6 is 11.3 Å². The van der Waals surface area contributed by atoms with Gasteiger partial charge in [0.25, 0.3) is 17.4 Å². The lowest BCUT2D eigenvalue weighted by molar-refractivity contribution is -0.384. The van der Waals surface area contributed by atoms with Crippen LogP contribution in [0.5, 0.6) is 5.75 Å². The maximum absolute atomic E-state index is 13.0. The molecule has 3 aromatic rings. The molecule has 8 nitrogen and oxygen atoms in total. The molecule has 4 rings (SSSR count). The van der Waals surface area contributed by atoms with E-state index in [1.165, 1.54) is 47.6 Å². The number of carbonyl (C=O) groups is 2. The number of hydrogen-bond acceptors (Lipinski definition) is 7. The number of carbonyl (C=O) groups excluding carboxylic acids is 2. The van der Waals surface area contributed by atoms with Gasteiger partial charge in [-0.3, -0.25) is 24.6 Å². The SMILES string of the molecule is COc1cccc(N2C(=O)C(=O)/C(=C(\O)c3cccc([N+](=O)[O-])c3)C2c2cccs2)c1. The number of thiophene rings is 1. The summed E-state index contributed by atoms with van der Waals surface area (Å²) in [5.41, 5.74) is 0.145. The largest absolute Gasteiger partial charge is 0.507 e. The molecular weight excluding hydrogens is 420 g/mol. The number of benzene rings is 2. The molecule has 0 saturated carbocycles. The normalized spacial score (nSPS) is 17.7. The number of ketones is 1. The molecule has 31 heavy (non-hydrogen) atoms. The van der Waals surface area contributed by atoms with Gasteiger partial charge in [-0.05, 0) is 23.6 Å². The van der Waals surface area contributed by atoms with Crippen LogP contribution in [-0.4, -0.2) is 28.8 Å². The fourth-order valence-electron chi connectivity index (χ4n) is 3.50. The van der Waals surface area contributed by atoms with Crippen LogP contribution in [0.3, 0.4) is 0 Å². The highest BCUT2D eigenvalue weighted by Gasteiger charge is 2.47. The summed E-state index contributed by atoms with van der Waals surface area (Å²) < 4.78 is 5.24. The van der Waals surface area contributed by atoms with Gasteiger partial charge in [-0.15, -0.1) is 11.3 Å². The van der Waals surface area contributed by atoms with E-state index in [-0.39, 0.29) is 16.8 Å². The van der Waals surface area contributed by atoms with E-state index < -0.39 is 28.4 Å². The predicted molar refractivity (Wildman–Crippen MR) is 115 cm³/mol. The molecule has 1 N–H and O–H groups in total. The summed E-state index contributed by atoms with van der Waals surface area (Å²) in [6.07, 6.45) is 0. The maximum atomic E-state index is 13.0. The van der Waals surface area contributed by atoms with Gasteiger partial charge >= 0.3 is 0 Å². The van der Waals surface area contributed by atoms with E-state index in [2.05, 4.69) is 0 Å². The summed E-state index contributed by atoms with van der Waals surface area (Å²) in [5.74, 6) is -1.64. The zero-order chi connectivity index (χ0) is 22.1. The van der Waals surface area contributed by atoms with Crippen LogP contribution in [0.15, 0.2) is 71.6 Å². The number of methoxy groups -OCH3 is 1. The maximum Gasteiger partial charge on any atom is 0.300 e. The molecule has 1 unspecified atom stereocenters. The Morgan fingerprint density at radius 3 is 2.58 bits per heavy atom. The molecule has 0 radical (unpaired) electrons. The Labute approximate surface area is 180 Å². The smallest absolute Gasteiger partial charge is 0.300 e. The summed E-state index contributed by atoms with van der Waals surface area (Å²) in [6, 6.07) is 14.7. The van der Waals surface area contributed by atoms with Crippen LogP contribution in [0.4, 0.5) is 11.4 Å². The molecular formula is C22H16N2O6S. The molecule has 0 spiro atoms. The number of nitro groups is 1. The molecule has 1 saturated heterocycles. The Bertz CT molecular complexity index is 1220. The molecule has 1 fully saturated rings. The average molecular weight is 436 g/mol. The zero-order valence-corrected chi connectivity index (χ0v) is 17.0. The van der Waals surface area contributed by atoms with Gasteiger partial charge in [-0.2, -0.15) is 0 Å². The summed E-state index contributed by atoms with van der Waals surface area (Å²) in [6.45, 7) is 0. The first-order valence-corrected chi connectivity index (χ1v) is 10.0. The van der Waals surface area contributed by atoms with Crippen molar-refractivity contribution in [2.24, 2.45) is 0 Å². The number of nitrogens with zero attached hydrogens (tertiary/aromatic N) is 2. The number of Topliss-reactive ketones (excluding diaryl/α,β-unsaturated/α-hetero) is 1. The third-order valence-corrected chi connectivity index (χ3v) is 5.84. The monoisotopic (exact) mass is 436 g/mol. The first kappa shape index (κ1) is 20.3. The van der Waals surface area contributed by atoms with Gasteiger partial charge in [0.15, 0.2) is 0 Å². The highest BCUT2D eigenvalue weighted by Crippen LogP contribution is 2.44. The van der Waals surface area contributed by atoms with Crippen molar-refractivity contribution in [2.75, 3.05) is 12.0 Å². The van der Waals surface area contributed by atoms with E-state index in [9.17, 15) is 24.8 Å². The van der Waals surface area contributed by atoms with Crippen molar-refractivity contribution < 1.29 is 24.4 Å². The number of rotatable bonds is 5. The zero-order valence-electron chi connectivity index (χ0n) is 16.2. The Balaban J connectivity index is 1.92. The van der Waals surface area contributed by atoms with Crippen LogP contribution in [0.25, 0.3) is 5.76 Å². The number of aliphatic hydroxyl groups is 1. The standard InChI is InChI=1S/C22H16N2O6S/c1-30-16-8-3-6-14(12-16)23-19(17-9-4-10-31-17)18(21(26)22(23)27)20(25)13-5-2-7-15(11-13)24(28)29/h2-12,19,25H,1H3/b20-18-. The summed E-state index contributed by atoms with van der Waals surface area (Å²) in [5, 5.41) is 23.9. The van der Waals surface area contributed by atoms with Gasteiger partial charge < -0.3 is 9.84 Å². The van der Waals surface area contributed by atoms with E-state index in [1.54, 1.807) is 41.8 Å². The van der Waals surface area contributed by atoms with Crippen molar-refractivity contribution in [3.8, 4) is 5.75 Å². The Hall–Kier alpha value is -3.98. The Morgan fingerprint density at radius 1 is 1.13 bits per heavy atom. The average Bonchev–Trinajstić information content (AvgIpc) is 3.40. The first-order chi connectivity index (χ1) is 14.9. The summed E-state index contributed by atoms with van der Waals surface area (Å²) >= 11 is 1.33. The summed E-state index contributed by atoms with van der Waals surface area (Å²) in [4.78, 5) is 38.5. The molecule has 2 aromatic carbocycles. The molecule has 1 atom stereocenters. The lowest BCUT2D eigenvalue weighted by Crippen LogP contribution is -2.29. The van der Waals surface area contributed by atoms with Crippen LogP contribution in [0.1, 0.15) is 16.5 Å². The second-order valence-corrected chi connectivity index (χ2v) is 7.67. The van der Waals surface area contributed by atoms with Crippen molar-refractivity contribution >= 4 is 40.2 Å². The number of anilines is 1. The van der Waals surface area contributed by atoms with E-state index in [0.29, 0.717) is 16.3 Å². The van der Waals surface area contributed by atoms with Gasteiger partial charge in [0.1, 0.15) is 17.6 Å².